The van der Waals surface area contributed by atoms with Crippen LogP contribution in [0.15, 0.2) is 84.8 Å². The molecular formula is C24H21N3O3. The van der Waals surface area contributed by atoms with Crippen molar-refractivity contribution in [3.8, 4) is 5.75 Å². The normalized spacial score (nSPS) is 13.7. The number of anilines is 1. The van der Waals surface area contributed by atoms with E-state index >= 15 is 0 Å². The summed E-state index contributed by atoms with van der Waals surface area (Å²) in [4.78, 5) is 31.8. The van der Waals surface area contributed by atoms with Gasteiger partial charge >= 0.3 is 0 Å². The zero-order chi connectivity index (χ0) is 20.9. The predicted molar refractivity (Wildman–Crippen MR) is 114 cm³/mol. The van der Waals surface area contributed by atoms with E-state index in [9.17, 15) is 9.59 Å². The van der Waals surface area contributed by atoms with E-state index in [0.29, 0.717) is 29.2 Å². The number of aromatic nitrogens is 1. The molecule has 0 fully saturated rings. The van der Waals surface area contributed by atoms with Gasteiger partial charge in [0.1, 0.15) is 11.4 Å². The highest BCUT2D eigenvalue weighted by Gasteiger charge is 2.39. The minimum Gasteiger partial charge on any atom is -0.494 e. The summed E-state index contributed by atoms with van der Waals surface area (Å²) in [7, 11) is 0. The van der Waals surface area contributed by atoms with Crippen molar-refractivity contribution in [2.24, 2.45) is 0 Å². The number of carbonyl (C=O) groups is 2. The van der Waals surface area contributed by atoms with E-state index in [4.69, 9.17) is 4.74 Å². The first-order valence-electron chi connectivity index (χ1n) is 9.72. The summed E-state index contributed by atoms with van der Waals surface area (Å²) in [6, 6.07) is 20.2. The summed E-state index contributed by atoms with van der Waals surface area (Å²) in [5, 5.41) is 3.16. The Morgan fingerprint density at radius 3 is 2.53 bits per heavy atom. The molecule has 1 aromatic heterocycles. The molecule has 0 atom stereocenters. The van der Waals surface area contributed by atoms with Gasteiger partial charge < -0.3 is 10.1 Å². The van der Waals surface area contributed by atoms with Gasteiger partial charge in [0.15, 0.2) is 0 Å². The molecule has 150 valence electrons. The van der Waals surface area contributed by atoms with Crippen molar-refractivity contribution in [2.45, 2.75) is 13.5 Å². The largest absolute Gasteiger partial charge is 0.494 e. The van der Waals surface area contributed by atoms with Crippen LogP contribution in [0.4, 0.5) is 5.69 Å². The summed E-state index contributed by atoms with van der Waals surface area (Å²) in [6.07, 6.45) is 3.31. The van der Waals surface area contributed by atoms with Gasteiger partial charge in [-0.15, -0.1) is 0 Å². The lowest BCUT2D eigenvalue weighted by molar-refractivity contribution is -0.137. The topological polar surface area (TPSA) is 71.5 Å². The average molecular weight is 399 g/mol. The molecule has 3 aromatic rings. The van der Waals surface area contributed by atoms with Gasteiger partial charge in [-0.25, -0.2) is 0 Å². The molecule has 4 rings (SSSR count). The van der Waals surface area contributed by atoms with E-state index in [2.05, 4.69) is 10.3 Å². The number of pyridine rings is 1. The predicted octanol–water partition coefficient (Wildman–Crippen LogP) is 3.87. The SMILES string of the molecule is CCOc1cccc(NC2=C(c3ccccc3)C(=O)N(Cc3cccnc3)C2=O)c1. The highest BCUT2D eigenvalue weighted by Crippen LogP contribution is 2.32. The third-order valence-electron chi connectivity index (χ3n) is 4.71. The van der Waals surface area contributed by atoms with Crippen molar-refractivity contribution in [3.63, 3.8) is 0 Å². The van der Waals surface area contributed by atoms with E-state index in [1.165, 1.54) is 4.90 Å². The van der Waals surface area contributed by atoms with Gasteiger partial charge in [-0.3, -0.25) is 19.5 Å². The highest BCUT2D eigenvalue weighted by atomic mass is 16.5. The Kier molecular flexibility index (Phi) is 5.57. The second-order valence-electron chi connectivity index (χ2n) is 6.76. The lowest BCUT2D eigenvalue weighted by Crippen LogP contribution is -2.32. The standard InChI is InChI=1S/C24H21N3O3/c1-2-30-20-12-6-11-19(14-20)26-22-21(18-9-4-3-5-10-18)23(28)27(24(22)29)16-17-8-7-13-25-15-17/h3-15,26H,2,16H2,1H3. The molecule has 2 heterocycles. The first-order valence-corrected chi connectivity index (χ1v) is 9.72. The second kappa shape index (κ2) is 8.61. The van der Waals surface area contributed by atoms with Gasteiger partial charge in [-0.2, -0.15) is 0 Å². The highest BCUT2D eigenvalue weighted by molar-refractivity contribution is 6.36. The molecule has 2 amide bonds. The number of nitrogens with zero attached hydrogens (tertiary/aromatic N) is 2. The minimum absolute atomic E-state index is 0.159. The Morgan fingerprint density at radius 2 is 1.80 bits per heavy atom. The quantitative estimate of drug-likeness (QED) is 0.611. The van der Waals surface area contributed by atoms with Crippen LogP contribution < -0.4 is 10.1 Å². The molecule has 2 aromatic carbocycles. The molecule has 1 aliphatic rings. The maximum atomic E-state index is 13.3. The van der Waals surface area contributed by atoms with E-state index < -0.39 is 0 Å². The lowest BCUT2D eigenvalue weighted by atomic mass is 10.0. The first kappa shape index (κ1) is 19.4. The summed E-state index contributed by atoms with van der Waals surface area (Å²) in [6.45, 7) is 2.61. The number of hydrogen-bond donors (Lipinski definition) is 1. The molecule has 0 unspecified atom stereocenters. The molecule has 1 aliphatic heterocycles. The molecule has 0 aliphatic carbocycles. The number of ether oxygens (including phenoxy) is 1. The van der Waals surface area contributed by atoms with Crippen molar-refractivity contribution >= 4 is 23.1 Å². The Morgan fingerprint density at radius 1 is 0.967 bits per heavy atom. The van der Waals surface area contributed by atoms with Gasteiger partial charge in [-0.05, 0) is 36.2 Å². The van der Waals surface area contributed by atoms with Gasteiger partial charge in [0.25, 0.3) is 11.8 Å². The van der Waals surface area contributed by atoms with Crippen molar-refractivity contribution in [1.29, 1.82) is 0 Å². The molecule has 0 bridgehead atoms. The Labute approximate surface area is 174 Å². The summed E-state index contributed by atoms with van der Waals surface area (Å²) >= 11 is 0. The van der Waals surface area contributed by atoms with Crippen molar-refractivity contribution in [3.05, 3.63) is 95.9 Å². The first-order chi connectivity index (χ1) is 14.7. The van der Waals surface area contributed by atoms with Gasteiger partial charge in [-0.1, -0.05) is 42.5 Å². The zero-order valence-corrected chi connectivity index (χ0v) is 16.5. The number of nitrogens with one attached hydrogen (secondary N) is 1. The van der Waals surface area contributed by atoms with Crippen molar-refractivity contribution < 1.29 is 14.3 Å². The molecule has 1 N–H and O–H groups in total. The monoisotopic (exact) mass is 399 g/mol. The van der Waals surface area contributed by atoms with E-state index in [-0.39, 0.29) is 24.1 Å². The Balaban J connectivity index is 1.71. The van der Waals surface area contributed by atoms with E-state index in [1.807, 2.05) is 61.5 Å². The number of hydrogen-bond acceptors (Lipinski definition) is 5. The van der Waals surface area contributed by atoms with E-state index in [1.54, 1.807) is 24.5 Å². The summed E-state index contributed by atoms with van der Waals surface area (Å²) in [5.41, 5.74) is 2.75. The summed E-state index contributed by atoms with van der Waals surface area (Å²) in [5.74, 6) is -0.0172. The fraction of sp³-hybridized carbons (Fsp3) is 0.125. The van der Waals surface area contributed by atoms with Crippen LogP contribution in [0.3, 0.4) is 0 Å². The molecule has 0 spiro atoms. The average Bonchev–Trinajstić information content (AvgIpc) is 3.00. The molecular weight excluding hydrogens is 378 g/mol. The van der Waals surface area contributed by atoms with Crippen LogP contribution in [0.5, 0.6) is 5.75 Å². The molecule has 6 nitrogen and oxygen atoms in total. The van der Waals surface area contributed by atoms with Gasteiger partial charge in [0.05, 0.1) is 18.7 Å². The van der Waals surface area contributed by atoms with Crippen LogP contribution in [-0.2, 0) is 16.1 Å². The van der Waals surface area contributed by atoms with Crippen LogP contribution in [-0.4, -0.2) is 28.3 Å². The molecule has 0 radical (unpaired) electrons. The van der Waals surface area contributed by atoms with Gasteiger partial charge in [0.2, 0.25) is 0 Å². The molecule has 6 heteroatoms. The van der Waals surface area contributed by atoms with Crippen LogP contribution in [0, 0.1) is 0 Å². The minimum atomic E-state index is -0.371. The molecule has 0 saturated carbocycles. The zero-order valence-electron chi connectivity index (χ0n) is 16.5. The van der Waals surface area contributed by atoms with Crippen molar-refractivity contribution in [1.82, 2.24) is 9.88 Å². The fourth-order valence-electron chi connectivity index (χ4n) is 3.36. The van der Waals surface area contributed by atoms with Crippen LogP contribution >= 0.6 is 0 Å². The number of amides is 2. The maximum absolute atomic E-state index is 13.3. The number of imide groups is 1. The van der Waals surface area contributed by atoms with Gasteiger partial charge in [0, 0.05) is 24.1 Å². The maximum Gasteiger partial charge on any atom is 0.278 e. The van der Waals surface area contributed by atoms with Crippen molar-refractivity contribution in [2.75, 3.05) is 11.9 Å². The Bertz CT molecular complexity index is 1090. The third-order valence-corrected chi connectivity index (χ3v) is 4.71. The number of carbonyl (C=O) groups excluding carboxylic acids is 2. The number of benzene rings is 2. The fourth-order valence-corrected chi connectivity index (χ4v) is 3.36. The third kappa shape index (κ3) is 3.93. The molecule has 30 heavy (non-hydrogen) atoms. The van der Waals surface area contributed by atoms with Crippen LogP contribution in [0.1, 0.15) is 18.1 Å². The van der Waals surface area contributed by atoms with Crippen LogP contribution in [0.2, 0.25) is 0 Å². The Hall–Kier alpha value is -3.93. The lowest BCUT2D eigenvalue weighted by Gasteiger charge is -2.15. The summed E-state index contributed by atoms with van der Waals surface area (Å²) < 4.78 is 5.55. The number of rotatable bonds is 7. The van der Waals surface area contributed by atoms with Crippen LogP contribution in [0.25, 0.3) is 5.57 Å². The second-order valence-corrected chi connectivity index (χ2v) is 6.76. The molecule has 0 saturated heterocycles. The smallest absolute Gasteiger partial charge is 0.278 e. The van der Waals surface area contributed by atoms with E-state index in [0.717, 1.165) is 5.56 Å².